The molecule has 2 rings (SSSR count). The van der Waals surface area contributed by atoms with E-state index < -0.39 is 0 Å². The minimum Gasteiger partial charge on any atom is -0.396 e. The highest BCUT2D eigenvalue weighted by Crippen LogP contribution is 2.26. The first-order chi connectivity index (χ1) is 7.29. The Labute approximate surface area is 96.8 Å². The summed E-state index contributed by atoms with van der Waals surface area (Å²) in [4.78, 5) is 4.17. The summed E-state index contributed by atoms with van der Waals surface area (Å²) < 4.78 is 1.66. The fraction of sp³-hybridized carbons (Fsp3) is 0.182. The summed E-state index contributed by atoms with van der Waals surface area (Å²) in [6, 6.07) is 6.00. The lowest BCUT2D eigenvalue weighted by atomic mass is 10.2. The van der Waals surface area contributed by atoms with Crippen molar-refractivity contribution in [1.29, 1.82) is 0 Å². The van der Waals surface area contributed by atoms with Gasteiger partial charge in [-0.05, 0) is 24.1 Å². The Morgan fingerprint density at radius 1 is 1.47 bits per heavy atom. The van der Waals surface area contributed by atoms with Gasteiger partial charge in [-0.15, -0.1) is 11.3 Å². The highest BCUT2D eigenvalue weighted by atomic mass is 35.5. The first-order valence-corrected chi connectivity index (χ1v) is 5.82. The van der Waals surface area contributed by atoms with Gasteiger partial charge in [0.15, 0.2) is 4.47 Å². The van der Waals surface area contributed by atoms with Gasteiger partial charge in [-0.2, -0.15) is 0 Å². The number of benzene rings is 1. The fourth-order valence-electron chi connectivity index (χ4n) is 1.31. The number of aliphatic hydroxyl groups excluding tert-OH is 1. The van der Waals surface area contributed by atoms with Gasteiger partial charge in [0.1, 0.15) is 0 Å². The van der Waals surface area contributed by atoms with E-state index in [1.165, 1.54) is 11.3 Å². The lowest BCUT2D eigenvalue weighted by molar-refractivity contribution is 0.303. The van der Waals surface area contributed by atoms with Crippen LogP contribution in [0, 0.1) is 0 Å². The van der Waals surface area contributed by atoms with E-state index in [0.29, 0.717) is 10.9 Å². The monoisotopic (exact) mass is 239 g/mol. The van der Waals surface area contributed by atoms with E-state index in [1.807, 2.05) is 30.4 Å². The van der Waals surface area contributed by atoms with Crippen molar-refractivity contribution in [2.75, 3.05) is 6.61 Å². The van der Waals surface area contributed by atoms with Crippen LogP contribution in [-0.4, -0.2) is 16.7 Å². The lowest BCUT2D eigenvalue weighted by Crippen LogP contribution is -1.76. The zero-order valence-corrected chi connectivity index (χ0v) is 9.55. The standard InChI is InChI=1S/C11H10ClNOS/c12-11-13-9-5-4-8(3-1-2-6-14)7-10(9)15-11/h1,3-5,7,14H,2,6H2. The van der Waals surface area contributed by atoms with Crippen molar-refractivity contribution >= 4 is 39.2 Å². The third-order valence-corrected chi connectivity index (χ3v) is 3.12. The predicted octanol–water partition coefficient (Wildman–Crippen LogP) is 3.35. The zero-order chi connectivity index (χ0) is 10.7. The first-order valence-electron chi connectivity index (χ1n) is 4.63. The summed E-state index contributed by atoms with van der Waals surface area (Å²) in [6.07, 6.45) is 4.62. The van der Waals surface area contributed by atoms with Gasteiger partial charge in [0.2, 0.25) is 0 Å². The molecule has 78 valence electrons. The first kappa shape index (κ1) is 10.6. The molecule has 1 aromatic carbocycles. The van der Waals surface area contributed by atoms with Crippen LogP contribution in [0.15, 0.2) is 24.3 Å². The number of fused-ring (bicyclic) bond motifs is 1. The van der Waals surface area contributed by atoms with Crippen molar-refractivity contribution in [2.45, 2.75) is 6.42 Å². The van der Waals surface area contributed by atoms with Crippen molar-refractivity contribution in [3.63, 3.8) is 0 Å². The normalized spacial score (nSPS) is 11.6. The van der Waals surface area contributed by atoms with E-state index in [1.54, 1.807) is 0 Å². The van der Waals surface area contributed by atoms with Crippen LogP contribution in [-0.2, 0) is 0 Å². The number of thiazole rings is 1. The molecule has 1 N–H and O–H groups in total. The second-order valence-electron chi connectivity index (χ2n) is 3.11. The molecule has 0 atom stereocenters. The van der Waals surface area contributed by atoms with Crippen LogP contribution >= 0.6 is 22.9 Å². The van der Waals surface area contributed by atoms with Gasteiger partial charge in [-0.1, -0.05) is 29.8 Å². The second kappa shape index (κ2) is 4.75. The van der Waals surface area contributed by atoms with Crippen LogP contribution in [0.25, 0.3) is 16.3 Å². The summed E-state index contributed by atoms with van der Waals surface area (Å²) in [5.41, 5.74) is 2.04. The van der Waals surface area contributed by atoms with Gasteiger partial charge in [-0.3, -0.25) is 0 Å². The summed E-state index contributed by atoms with van der Waals surface area (Å²) in [5.74, 6) is 0. The number of aliphatic hydroxyl groups is 1. The molecule has 0 aliphatic carbocycles. The average molecular weight is 240 g/mol. The van der Waals surface area contributed by atoms with Gasteiger partial charge in [0, 0.05) is 6.61 Å². The molecule has 0 saturated heterocycles. The Morgan fingerprint density at radius 2 is 2.33 bits per heavy atom. The van der Waals surface area contributed by atoms with Crippen LogP contribution in [0.1, 0.15) is 12.0 Å². The third kappa shape index (κ3) is 2.56. The molecule has 2 aromatic rings. The average Bonchev–Trinajstić information content (AvgIpc) is 2.57. The highest BCUT2D eigenvalue weighted by molar-refractivity contribution is 7.22. The van der Waals surface area contributed by atoms with Gasteiger partial charge in [0.05, 0.1) is 10.2 Å². The highest BCUT2D eigenvalue weighted by Gasteiger charge is 2.00. The Kier molecular flexibility index (Phi) is 3.36. The summed E-state index contributed by atoms with van der Waals surface area (Å²) in [5, 5.41) is 8.64. The van der Waals surface area contributed by atoms with Gasteiger partial charge < -0.3 is 5.11 Å². The van der Waals surface area contributed by atoms with E-state index in [0.717, 1.165) is 15.8 Å². The lowest BCUT2D eigenvalue weighted by Gasteiger charge is -1.92. The third-order valence-electron chi connectivity index (χ3n) is 1.99. The maximum Gasteiger partial charge on any atom is 0.184 e. The number of nitrogens with zero attached hydrogens (tertiary/aromatic N) is 1. The summed E-state index contributed by atoms with van der Waals surface area (Å²) in [7, 11) is 0. The van der Waals surface area contributed by atoms with Gasteiger partial charge in [0.25, 0.3) is 0 Å². The molecule has 15 heavy (non-hydrogen) atoms. The van der Waals surface area contributed by atoms with Crippen molar-refractivity contribution < 1.29 is 5.11 Å². The van der Waals surface area contributed by atoms with E-state index in [9.17, 15) is 0 Å². The Bertz CT molecular complexity index is 492. The topological polar surface area (TPSA) is 33.1 Å². The number of hydrogen-bond donors (Lipinski definition) is 1. The number of rotatable bonds is 3. The molecule has 0 amide bonds. The smallest absolute Gasteiger partial charge is 0.184 e. The summed E-state index contributed by atoms with van der Waals surface area (Å²) >= 11 is 7.30. The van der Waals surface area contributed by atoms with Crippen molar-refractivity contribution in [3.8, 4) is 0 Å². The molecule has 0 saturated carbocycles. The number of halogens is 1. The Balaban J connectivity index is 2.30. The second-order valence-corrected chi connectivity index (χ2v) is 4.72. The minimum atomic E-state index is 0.186. The maximum atomic E-state index is 8.64. The molecule has 1 aromatic heterocycles. The van der Waals surface area contributed by atoms with Crippen LogP contribution in [0.3, 0.4) is 0 Å². The molecule has 0 unspecified atom stereocenters. The van der Waals surface area contributed by atoms with Crippen molar-refractivity contribution in [1.82, 2.24) is 4.98 Å². The molecule has 2 nitrogen and oxygen atoms in total. The molecule has 0 spiro atoms. The molecule has 1 heterocycles. The molecule has 0 aliphatic heterocycles. The van der Waals surface area contributed by atoms with Crippen LogP contribution in [0.5, 0.6) is 0 Å². The molecule has 0 radical (unpaired) electrons. The molecule has 0 aliphatic rings. The quantitative estimate of drug-likeness (QED) is 0.891. The van der Waals surface area contributed by atoms with Crippen molar-refractivity contribution in [3.05, 3.63) is 34.3 Å². The van der Waals surface area contributed by atoms with Crippen LogP contribution in [0.4, 0.5) is 0 Å². The molecule has 4 heteroatoms. The van der Waals surface area contributed by atoms with E-state index >= 15 is 0 Å². The van der Waals surface area contributed by atoms with Crippen LogP contribution in [0.2, 0.25) is 4.47 Å². The Morgan fingerprint density at radius 3 is 3.13 bits per heavy atom. The summed E-state index contributed by atoms with van der Waals surface area (Å²) in [6.45, 7) is 0.186. The zero-order valence-electron chi connectivity index (χ0n) is 7.98. The largest absolute Gasteiger partial charge is 0.396 e. The fourth-order valence-corrected chi connectivity index (χ4v) is 2.39. The van der Waals surface area contributed by atoms with Crippen LogP contribution < -0.4 is 0 Å². The molecule has 0 fully saturated rings. The predicted molar refractivity (Wildman–Crippen MR) is 65.4 cm³/mol. The minimum absolute atomic E-state index is 0.186. The van der Waals surface area contributed by atoms with Gasteiger partial charge >= 0.3 is 0 Å². The molecular weight excluding hydrogens is 230 g/mol. The van der Waals surface area contributed by atoms with E-state index in [-0.39, 0.29) is 6.61 Å². The number of aromatic nitrogens is 1. The van der Waals surface area contributed by atoms with Gasteiger partial charge in [-0.25, -0.2) is 4.98 Å². The maximum absolute atomic E-state index is 8.64. The Hall–Kier alpha value is -0.900. The van der Waals surface area contributed by atoms with E-state index in [2.05, 4.69) is 4.98 Å². The van der Waals surface area contributed by atoms with E-state index in [4.69, 9.17) is 16.7 Å². The number of hydrogen-bond acceptors (Lipinski definition) is 3. The molecule has 0 bridgehead atoms. The SMILES string of the molecule is OCCC=Cc1ccc2nc(Cl)sc2c1. The molecular formula is C11H10ClNOS. The van der Waals surface area contributed by atoms with Crippen molar-refractivity contribution in [2.24, 2.45) is 0 Å².